The molecule has 20 heavy (non-hydrogen) atoms. The van der Waals surface area contributed by atoms with Crippen molar-refractivity contribution in [2.75, 3.05) is 32.1 Å². The van der Waals surface area contributed by atoms with Crippen molar-refractivity contribution in [1.29, 1.82) is 0 Å². The predicted octanol–water partition coefficient (Wildman–Crippen LogP) is 4.17. The molecule has 1 aromatic carbocycles. The number of nitrogens with one attached hydrogen (secondary N) is 1. The smallest absolute Gasteiger partial charge is 0.0332 e. The molecule has 0 aliphatic carbocycles. The summed E-state index contributed by atoms with van der Waals surface area (Å²) in [6, 6.07) is 9.75. The number of thioether (sulfide) groups is 1. The Balaban J connectivity index is 2.57. The Kier molecular flexibility index (Phi) is 8.85. The fraction of sp³-hybridized carbons (Fsp3) is 0.625. The van der Waals surface area contributed by atoms with Crippen LogP contribution in [0.3, 0.4) is 0 Å². The van der Waals surface area contributed by atoms with Crippen LogP contribution in [-0.4, -0.2) is 43.1 Å². The van der Waals surface area contributed by atoms with Crippen molar-refractivity contribution in [2.24, 2.45) is 0 Å². The maximum absolute atomic E-state index is 3.60. The van der Waals surface area contributed by atoms with Gasteiger partial charge < -0.3 is 10.2 Å². The molecule has 0 radical (unpaired) electrons. The van der Waals surface area contributed by atoms with E-state index >= 15 is 0 Å². The van der Waals surface area contributed by atoms with Crippen LogP contribution < -0.4 is 5.32 Å². The van der Waals surface area contributed by atoms with Gasteiger partial charge in [0, 0.05) is 22.3 Å². The Labute approximate surface area is 136 Å². The molecule has 0 aliphatic heterocycles. The zero-order valence-electron chi connectivity index (χ0n) is 13.0. The molecule has 2 unspecified atom stereocenters. The van der Waals surface area contributed by atoms with Crippen molar-refractivity contribution in [3.8, 4) is 0 Å². The summed E-state index contributed by atoms with van der Waals surface area (Å²) >= 11 is 5.42. The van der Waals surface area contributed by atoms with E-state index in [-0.39, 0.29) is 0 Å². The average Bonchev–Trinajstić information content (AvgIpc) is 2.44. The first-order valence-corrected chi connectivity index (χ1v) is 9.45. The number of nitrogens with zero attached hydrogens (tertiary/aromatic N) is 1. The lowest BCUT2D eigenvalue weighted by Gasteiger charge is -2.27. The molecule has 0 aliphatic rings. The van der Waals surface area contributed by atoms with Crippen LogP contribution >= 0.6 is 27.7 Å². The van der Waals surface area contributed by atoms with Gasteiger partial charge in [-0.3, -0.25) is 0 Å². The zero-order valence-corrected chi connectivity index (χ0v) is 15.4. The molecule has 1 N–H and O–H groups in total. The highest BCUT2D eigenvalue weighted by atomic mass is 79.9. The van der Waals surface area contributed by atoms with E-state index in [4.69, 9.17) is 0 Å². The van der Waals surface area contributed by atoms with Crippen LogP contribution in [-0.2, 0) is 0 Å². The number of hydrogen-bond donors (Lipinski definition) is 1. The highest BCUT2D eigenvalue weighted by molar-refractivity contribution is 9.10. The first-order chi connectivity index (χ1) is 9.58. The Hall–Kier alpha value is -0.0300. The van der Waals surface area contributed by atoms with Crippen LogP contribution in [0.5, 0.6) is 0 Å². The lowest BCUT2D eigenvalue weighted by atomic mass is 10.0. The highest BCUT2D eigenvalue weighted by Crippen LogP contribution is 2.20. The van der Waals surface area contributed by atoms with Crippen molar-refractivity contribution < 1.29 is 0 Å². The monoisotopic (exact) mass is 358 g/mol. The Morgan fingerprint density at radius 3 is 2.50 bits per heavy atom. The van der Waals surface area contributed by atoms with Gasteiger partial charge in [-0.2, -0.15) is 11.8 Å². The molecule has 1 aromatic rings. The summed E-state index contributed by atoms with van der Waals surface area (Å²) < 4.78 is 1.14. The summed E-state index contributed by atoms with van der Waals surface area (Å²) in [7, 11) is 2.23. The Bertz CT molecular complexity index is 369. The maximum atomic E-state index is 3.60. The van der Waals surface area contributed by atoms with Gasteiger partial charge in [0.2, 0.25) is 0 Å². The fourth-order valence-corrected chi connectivity index (χ4v) is 3.25. The summed E-state index contributed by atoms with van der Waals surface area (Å²) in [4.78, 5) is 2.46. The van der Waals surface area contributed by atoms with E-state index in [1.807, 2.05) is 11.8 Å². The van der Waals surface area contributed by atoms with Crippen molar-refractivity contribution in [2.45, 2.75) is 32.4 Å². The molecule has 2 nitrogen and oxygen atoms in total. The van der Waals surface area contributed by atoms with E-state index in [1.165, 1.54) is 11.3 Å². The molecule has 0 aromatic heterocycles. The fourth-order valence-electron chi connectivity index (χ4n) is 2.25. The van der Waals surface area contributed by atoms with E-state index in [1.54, 1.807) is 0 Å². The minimum Gasteiger partial charge on any atom is -0.310 e. The number of hydrogen-bond acceptors (Lipinski definition) is 3. The van der Waals surface area contributed by atoms with E-state index in [0.717, 1.165) is 24.0 Å². The predicted molar refractivity (Wildman–Crippen MR) is 95.7 cm³/mol. The van der Waals surface area contributed by atoms with Gasteiger partial charge in [-0.05, 0) is 57.4 Å². The maximum Gasteiger partial charge on any atom is 0.0332 e. The third-order valence-electron chi connectivity index (χ3n) is 3.65. The van der Waals surface area contributed by atoms with Crippen LogP contribution in [0.1, 0.15) is 31.9 Å². The van der Waals surface area contributed by atoms with E-state index in [9.17, 15) is 0 Å². The Morgan fingerprint density at radius 1 is 1.30 bits per heavy atom. The molecule has 0 saturated heterocycles. The number of benzene rings is 1. The van der Waals surface area contributed by atoms with Crippen LogP contribution in [0.15, 0.2) is 28.7 Å². The highest BCUT2D eigenvalue weighted by Gasteiger charge is 2.14. The van der Waals surface area contributed by atoms with Gasteiger partial charge in [0.15, 0.2) is 0 Å². The largest absolute Gasteiger partial charge is 0.310 e. The van der Waals surface area contributed by atoms with Gasteiger partial charge in [0.05, 0.1) is 0 Å². The average molecular weight is 359 g/mol. The molecule has 1 rings (SSSR count). The molecule has 4 heteroatoms. The van der Waals surface area contributed by atoms with E-state index < -0.39 is 0 Å². The van der Waals surface area contributed by atoms with Gasteiger partial charge in [0.25, 0.3) is 0 Å². The first-order valence-electron chi connectivity index (χ1n) is 7.26. The second kappa shape index (κ2) is 9.82. The summed E-state index contributed by atoms with van der Waals surface area (Å²) in [5, 5.41) is 3.60. The van der Waals surface area contributed by atoms with Gasteiger partial charge in [0.1, 0.15) is 0 Å². The van der Waals surface area contributed by atoms with Crippen LogP contribution in [0.4, 0.5) is 0 Å². The standard InChI is InChI=1S/C16H27BrN2S/c1-5-18-16(14-6-8-15(17)9-7-14)10-11-19(3)13(2)12-20-4/h6-9,13,16,18H,5,10-12H2,1-4H3. The second-order valence-electron chi connectivity index (χ2n) is 5.24. The minimum atomic E-state index is 0.442. The summed E-state index contributed by atoms with van der Waals surface area (Å²) in [6.45, 7) is 6.60. The van der Waals surface area contributed by atoms with Crippen molar-refractivity contribution in [1.82, 2.24) is 10.2 Å². The topological polar surface area (TPSA) is 15.3 Å². The van der Waals surface area contributed by atoms with Gasteiger partial charge >= 0.3 is 0 Å². The molecule has 0 amide bonds. The van der Waals surface area contributed by atoms with E-state index in [2.05, 4.69) is 77.6 Å². The van der Waals surface area contributed by atoms with Crippen LogP contribution in [0.2, 0.25) is 0 Å². The Morgan fingerprint density at radius 2 is 1.95 bits per heavy atom. The first kappa shape index (κ1) is 18.0. The molecule has 0 heterocycles. The van der Waals surface area contributed by atoms with Crippen molar-refractivity contribution >= 4 is 27.7 Å². The zero-order chi connectivity index (χ0) is 15.0. The third-order valence-corrected chi connectivity index (χ3v) is 5.00. The molecule has 0 bridgehead atoms. The van der Waals surface area contributed by atoms with Gasteiger partial charge in [-0.15, -0.1) is 0 Å². The second-order valence-corrected chi connectivity index (χ2v) is 7.06. The number of rotatable bonds is 9. The third kappa shape index (κ3) is 6.17. The van der Waals surface area contributed by atoms with Crippen LogP contribution in [0.25, 0.3) is 0 Å². The van der Waals surface area contributed by atoms with E-state index in [0.29, 0.717) is 12.1 Å². The molecule has 0 saturated carbocycles. The molecule has 0 spiro atoms. The quantitative estimate of drug-likeness (QED) is 0.712. The lowest BCUT2D eigenvalue weighted by molar-refractivity contribution is 0.260. The molecule has 114 valence electrons. The summed E-state index contributed by atoms with van der Waals surface area (Å²) in [5.74, 6) is 1.20. The van der Waals surface area contributed by atoms with Crippen molar-refractivity contribution in [3.63, 3.8) is 0 Å². The SMILES string of the molecule is CCNC(CCN(C)C(C)CSC)c1ccc(Br)cc1. The molecular formula is C16H27BrN2S. The van der Waals surface area contributed by atoms with Gasteiger partial charge in [-0.25, -0.2) is 0 Å². The molecule has 0 fully saturated rings. The number of halogens is 1. The van der Waals surface area contributed by atoms with Crippen LogP contribution in [0, 0.1) is 0 Å². The lowest BCUT2D eigenvalue weighted by Crippen LogP contribution is -2.34. The van der Waals surface area contributed by atoms with Gasteiger partial charge in [-0.1, -0.05) is 35.0 Å². The molecular weight excluding hydrogens is 332 g/mol. The van der Waals surface area contributed by atoms with Crippen molar-refractivity contribution in [3.05, 3.63) is 34.3 Å². The summed E-state index contributed by atoms with van der Waals surface area (Å²) in [5.41, 5.74) is 1.38. The molecule has 2 atom stereocenters. The summed E-state index contributed by atoms with van der Waals surface area (Å²) in [6.07, 6.45) is 3.32. The minimum absolute atomic E-state index is 0.442. The normalized spacial score (nSPS) is 14.5.